The minimum absolute atomic E-state index is 0.00826. The third-order valence-corrected chi connectivity index (χ3v) is 10.9. The van der Waals surface area contributed by atoms with E-state index < -0.39 is 34.3 Å². The molecule has 1 N–H and O–H groups in total. The summed E-state index contributed by atoms with van der Waals surface area (Å²) in [6.07, 6.45) is 5.08. The van der Waals surface area contributed by atoms with Crippen molar-refractivity contribution in [1.82, 2.24) is 10.2 Å². The number of carbonyl (C=O) groups is 2. The van der Waals surface area contributed by atoms with Gasteiger partial charge in [-0.05, 0) is 72.9 Å². The maximum absolute atomic E-state index is 14.8. The van der Waals surface area contributed by atoms with Gasteiger partial charge in [-0.2, -0.15) is 0 Å². The molecular formula is C39H44FN3O6S. The number of hydrogen-bond donors (Lipinski definition) is 1. The molecule has 1 aliphatic rings. The van der Waals surface area contributed by atoms with Gasteiger partial charge in [0, 0.05) is 25.1 Å². The largest absolute Gasteiger partial charge is 0.493 e. The molecule has 1 aliphatic carbocycles. The molecular weight excluding hydrogens is 658 g/mol. The number of ether oxygens (including phenoxy) is 2. The van der Waals surface area contributed by atoms with Crippen LogP contribution in [0, 0.1) is 12.7 Å². The second kappa shape index (κ2) is 16.7. The van der Waals surface area contributed by atoms with Gasteiger partial charge in [0.2, 0.25) is 11.8 Å². The summed E-state index contributed by atoms with van der Waals surface area (Å²) >= 11 is 0. The third kappa shape index (κ3) is 8.81. The van der Waals surface area contributed by atoms with Gasteiger partial charge < -0.3 is 19.7 Å². The Balaban J connectivity index is 1.58. The Morgan fingerprint density at radius 1 is 0.860 bits per heavy atom. The molecule has 4 aromatic carbocycles. The predicted molar refractivity (Wildman–Crippen MR) is 191 cm³/mol. The molecule has 0 saturated heterocycles. The van der Waals surface area contributed by atoms with E-state index in [2.05, 4.69) is 5.32 Å². The molecule has 0 radical (unpaired) electrons. The number of anilines is 1. The van der Waals surface area contributed by atoms with Gasteiger partial charge in [0.25, 0.3) is 10.0 Å². The zero-order valence-corrected chi connectivity index (χ0v) is 29.5. The molecule has 50 heavy (non-hydrogen) atoms. The fraction of sp³-hybridized carbons (Fsp3) is 0.333. The second-order valence-electron chi connectivity index (χ2n) is 12.5. The van der Waals surface area contributed by atoms with Gasteiger partial charge >= 0.3 is 0 Å². The highest BCUT2D eigenvalue weighted by molar-refractivity contribution is 7.92. The normalized spacial score (nSPS) is 14.0. The Morgan fingerprint density at radius 2 is 1.52 bits per heavy atom. The highest BCUT2D eigenvalue weighted by Crippen LogP contribution is 2.33. The van der Waals surface area contributed by atoms with Crippen molar-refractivity contribution in [2.75, 3.05) is 25.1 Å². The van der Waals surface area contributed by atoms with Crippen molar-refractivity contribution in [2.24, 2.45) is 0 Å². The Kier molecular flexibility index (Phi) is 12.1. The van der Waals surface area contributed by atoms with E-state index in [-0.39, 0.29) is 41.2 Å². The van der Waals surface area contributed by atoms with Crippen molar-refractivity contribution in [3.63, 3.8) is 0 Å². The van der Waals surface area contributed by atoms with Gasteiger partial charge in [0.1, 0.15) is 18.4 Å². The van der Waals surface area contributed by atoms with Gasteiger partial charge in [-0.3, -0.25) is 13.9 Å². The van der Waals surface area contributed by atoms with Gasteiger partial charge in [0.05, 0.1) is 24.8 Å². The molecule has 2 amide bonds. The van der Waals surface area contributed by atoms with Crippen molar-refractivity contribution in [3.05, 3.63) is 120 Å². The molecule has 0 spiro atoms. The van der Waals surface area contributed by atoms with E-state index in [0.29, 0.717) is 5.75 Å². The molecule has 4 aromatic rings. The molecule has 1 fully saturated rings. The molecule has 0 heterocycles. The van der Waals surface area contributed by atoms with E-state index in [1.165, 1.54) is 49.5 Å². The summed E-state index contributed by atoms with van der Waals surface area (Å²) in [6, 6.07) is 25.1. The van der Waals surface area contributed by atoms with Crippen molar-refractivity contribution in [3.8, 4) is 11.5 Å². The Labute approximate surface area is 294 Å². The van der Waals surface area contributed by atoms with Crippen LogP contribution < -0.4 is 19.1 Å². The van der Waals surface area contributed by atoms with Crippen LogP contribution in [0.1, 0.15) is 48.8 Å². The molecule has 0 bridgehead atoms. The summed E-state index contributed by atoms with van der Waals surface area (Å²) in [5, 5.41) is 3.21. The third-order valence-electron chi connectivity index (χ3n) is 9.16. The lowest BCUT2D eigenvalue weighted by Crippen LogP contribution is -2.55. The van der Waals surface area contributed by atoms with E-state index >= 15 is 0 Å². The summed E-state index contributed by atoms with van der Waals surface area (Å²) in [4.78, 5) is 30.4. The molecule has 0 unspecified atom stereocenters. The minimum Gasteiger partial charge on any atom is -0.493 e. The highest BCUT2D eigenvalue weighted by Gasteiger charge is 2.36. The molecule has 264 valence electrons. The molecule has 0 aliphatic heterocycles. The summed E-state index contributed by atoms with van der Waals surface area (Å²) in [6.45, 7) is 1.34. The van der Waals surface area contributed by atoms with E-state index in [4.69, 9.17) is 9.47 Å². The first-order valence-electron chi connectivity index (χ1n) is 16.8. The number of hydrogen-bond acceptors (Lipinski definition) is 6. The highest BCUT2D eigenvalue weighted by atomic mass is 32.2. The van der Waals surface area contributed by atoms with Crippen LogP contribution in [-0.2, 0) is 32.6 Å². The number of rotatable bonds is 14. The van der Waals surface area contributed by atoms with Gasteiger partial charge in [-0.1, -0.05) is 73.9 Å². The fourth-order valence-electron chi connectivity index (χ4n) is 6.31. The Hall–Kier alpha value is -4.90. The van der Waals surface area contributed by atoms with Crippen molar-refractivity contribution < 1.29 is 31.9 Å². The molecule has 5 rings (SSSR count). The quantitative estimate of drug-likeness (QED) is 0.162. The zero-order valence-electron chi connectivity index (χ0n) is 28.7. The zero-order chi connectivity index (χ0) is 35.7. The van der Waals surface area contributed by atoms with E-state index in [0.717, 1.165) is 65.2 Å². The van der Waals surface area contributed by atoms with Crippen LogP contribution in [0.4, 0.5) is 10.1 Å². The number of aryl methyl sites for hydroxylation is 1. The van der Waals surface area contributed by atoms with Gasteiger partial charge in [0.15, 0.2) is 11.5 Å². The van der Waals surface area contributed by atoms with Crippen LogP contribution in [0.2, 0.25) is 0 Å². The lowest BCUT2D eigenvalue weighted by Gasteiger charge is -2.35. The average molecular weight is 702 g/mol. The monoisotopic (exact) mass is 701 g/mol. The number of amides is 2. The van der Waals surface area contributed by atoms with Crippen LogP contribution in [0.3, 0.4) is 0 Å². The van der Waals surface area contributed by atoms with Crippen molar-refractivity contribution in [1.29, 1.82) is 0 Å². The first-order chi connectivity index (χ1) is 24.1. The van der Waals surface area contributed by atoms with Crippen molar-refractivity contribution >= 4 is 27.5 Å². The number of benzene rings is 4. The summed E-state index contributed by atoms with van der Waals surface area (Å²) < 4.78 is 54.5. The number of methoxy groups -OCH3 is 2. The maximum atomic E-state index is 14.8. The summed E-state index contributed by atoms with van der Waals surface area (Å²) in [5.74, 6) is -0.942. The number of carbonyl (C=O) groups excluding carboxylic acids is 2. The molecule has 1 saturated carbocycles. The molecule has 1 atom stereocenters. The van der Waals surface area contributed by atoms with Crippen LogP contribution >= 0.6 is 0 Å². The SMILES string of the molecule is COc1ccc(S(=O)(=O)N(CC(=O)N(Cc2ccccc2C)[C@H](Cc2ccccc2)C(=O)NC2CCCCC2)c2ccc(F)cc2)cc1OC. The molecule has 11 heteroatoms. The summed E-state index contributed by atoms with van der Waals surface area (Å²) in [5.41, 5.74) is 2.68. The van der Waals surface area contributed by atoms with Crippen LogP contribution in [0.25, 0.3) is 0 Å². The number of nitrogens with one attached hydrogen (secondary N) is 1. The maximum Gasteiger partial charge on any atom is 0.264 e. The summed E-state index contributed by atoms with van der Waals surface area (Å²) in [7, 11) is -1.60. The van der Waals surface area contributed by atoms with E-state index in [1.54, 1.807) is 0 Å². The van der Waals surface area contributed by atoms with Gasteiger partial charge in [-0.25, -0.2) is 12.8 Å². The minimum atomic E-state index is -4.43. The topological polar surface area (TPSA) is 105 Å². The average Bonchev–Trinajstić information content (AvgIpc) is 3.13. The molecule has 9 nitrogen and oxygen atoms in total. The number of sulfonamides is 1. The first-order valence-corrected chi connectivity index (χ1v) is 18.2. The lowest BCUT2D eigenvalue weighted by atomic mass is 9.94. The molecule has 0 aromatic heterocycles. The smallest absolute Gasteiger partial charge is 0.264 e. The predicted octanol–water partition coefficient (Wildman–Crippen LogP) is 6.44. The van der Waals surface area contributed by atoms with Crippen LogP contribution in [0.15, 0.2) is 102 Å². The van der Waals surface area contributed by atoms with E-state index in [9.17, 15) is 22.4 Å². The number of halogens is 1. The lowest BCUT2D eigenvalue weighted by molar-refractivity contribution is -0.140. The Bertz CT molecular complexity index is 1860. The van der Waals surface area contributed by atoms with Crippen molar-refractivity contribution in [2.45, 2.75) is 69.0 Å². The van der Waals surface area contributed by atoms with Crippen LogP contribution in [0.5, 0.6) is 11.5 Å². The second-order valence-corrected chi connectivity index (χ2v) is 14.4. The van der Waals surface area contributed by atoms with Crippen LogP contribution in [-0.4, -0.2) is 58.0 Å². The van der Waals surface area contributed by atoms with E-state index in [1.807, 2.05) is 61.5 Å². The standard InChI is InChI=1S/C39H44FN3O6S/c1-28-12-10-11-15-30(28)26-42(35(24-29-13-6-4-7-14-29)39(45)41-32-16-8-5-9-17-32)38(44)27-43(33-20-18-31(40)19-21-33)50(46,47)34-22-23-36(48-2)37(25-34)49-3/h4,6-7,10-15,18-23,25,32,35H,5,8-9,16-17,24,26-27H2,1-3H3,(H,41,45)/t35-/m1/s1. The Morgan fingerprint density at radius 3 is 2.18 bits per heavy atom. The fourth-order valence-corrected chi connectivity index (χ4v) is 7.74. The first kappa shape index (κ1) is 36.4. The van der Waals surface area contributed by atoms with Gasteiger partial charge in [-0.15, -0.1) is 0 Å². The number of nitrogens with zero attached hydrogens (tertiary/aromatic N) is 2.